The molecular formula is C35H40O4. The van der Waals surface area contributed by atoms with Crippen molar-refractivity contribution in [1.82, 2.24) is 0 Å². The number of carboxylic acid groups (broad SMARTS) is 1. The quantitative estimate of drug-likeness (QED) is 0.310. The Morgan fingerprint density at radius 2 is 1.64 bits per heavy atom. The van der Waals surface area contributed by atoms with Crippen LogP contribution in [0.25, 0.3) is 0 Å². The monoisotopic (exact) mass is 524 g/mol. The number of aliphatic carboxylic acids is 1. The smallest absolute Gasteiger partial charge is 0.303 e. The van der Waals surface area contributed by atoms with Crippen molar-refractivity contribution in [2.45, 2.75) is 77.1 Å². The van der Waals surface area contributed by atoms with Gasteiger partial charge in [0.15, 0.2) is 0 Å². The van der Waals surface area contributed by atoms with Crippen molar-refractivity contribution < 1.29 is 19.4 Å². The third kappa shape index (κ3) is 5.36. The minimum absolute atomic E-state index is 0.0926. The van der Waals surface area contributed by atoms with Crippen LogP contribution < -0.4 is 4.74 Å². The van der Waals surface area contributed by atoms with E-state index in [2.05, 4.69) is 61.5 Å². The molecule has 0 saturated heterocycles. The van der Waals surface area contributed by atoms with Crippen molar-refractivity contribution in [3.05, 3.63) is 101 Å². The molecule has 0 amide bonds. The van der Waals surface area contributed by atoms with Crippen molar-refractivity contribution in [3.63, 3.8) is 0 Å². The zero-order chi connectivity index (χ0) is 26.8. The Morgan fingerprint density at radius 3 is 2.36 bits per heavy atom. The van der Waals surface area contributed by atoms with Gasteiger partial charge >= 0.3 is 5.97 Å². The van der Waals surface area contributed by atoms with E-state index in [-0.39, 0.29) is 17.9 Å². The molecule has 3 aromatic rings. The van der Waals surface area contributed by atoms with Crippen molar-refractivity contribution in [2.75, 3.05) is 0 Å². The van der Waals surface area contributed by atoms with E-state index in [0.29, 0.717) is 36.9 Å². The number of benzene rings is 3. The van der Waals surface area contributed by atoms with E-state index in [9.17, 15) is 9.90 Å². The summed E-state index contributed by atoms with van der Waals surface area (Å²) in [5.74, 6) is 2.20. The van der Waals surface area contributed by atoms with Crippen LogP contribution in [0.3, 0.4) is 0 Å². The lowest BCUT2D eigenvalue weighted by molar-refractivity contribution is -0.138. The van der Waals surface area contributed by atoms with Crippen molar-refractivity contribution in [2.24, 2.45) is 23.2 Å². The number of carboxylic acids is 1. The van der Waals surface area contributed by atoms with Gasteiger partial charge in [0.25, 0.3) is 0 Å². The average Bonchev–Trinajstić information content (AvgIpc) is 3.30. The van der Waals surface area contributed by atoms with Gasteiger partial charge in [-0.25, -0.2) is 0 Å². The van der Waals surface area contributed by atoms with E-state index in [1.54, 1.807) is 0 Å². The fourth-order valence-corrected chi connectivity index (χ4v) is 8.28. The van der Waals surface area contributed by atoms with Gasteiger partial charge < -0.3 is 14.6 Å². The Kier molecular flexibility index (Phi) is 7.49. The summed E-state index contributed by atoms with van der Waals surface area (Å²) in [5.41, 5.74) is 5.30. The summed E-state index contributed by atoms with van der Waals surface area (Å²) in [7, 11) is 0. The second kappa shape index (κ2) is 11.2. The van der Waals surface area contributed by atoms with Crippen LogP contribution in [0.1, 0.15) is 73.6 Å². The van der Waals surface area contributed by atoms with Crippen LogP contribution in [0.4, 0.5) is 0 Å². The molecule has 0 bridgehead atoms. The van der Waals surface area contributed by atoms with Crippen molar-refractivity contribution in [3.8, 4) is 5.75 Å². The summed E-state index contributed by atoms with van der Waals surface area (Å²) in [6, 6.07) is 27.4. The van der Waals surface area contributed by atoms with Crippen molar-refractivity contribution >= 4 is 5.97 Å². The number of rotatable bonds is 9. The largest absolute Gasteiger partial charge is 0.489 e. The number of hydrogen-bond donors (Lipinski definition) is 1. The molecule has 39 heavy (non-hydrogen) atoms. The molecule has 0 heterocycles. The summed E-state index contributed by atoms with van der Waals surface area (Å²) in [5, 5.41) is 9.60. The van der Waals surface area contributed by atoms with Gasteiger partial charge in [-0.15, -0.1) is 0 Å². The normalized spacial score (nSPS) is 29.2. The van der Waals surface area contributed by atoms with Crippen LogP contribution in [-0.2, 0) is 29.2 Å². The number of fused-ring (bicyclic) bond motifs is 5. The Labute approximate surface area is 232 Å². The molecule has 4 heteroatoms. The zero-order valence-corrected chi connectivity index (χ0v) is 22.9. The van der Waals surface area contributed by atoms with Crippen LogP contribution in [0, 0.1) is 23.2 Å². The number of ether oxygens (including phenoxy) is 2. The number of hydrogen-bond acceptors (Lipinski definition) is 3. The molecule has 2 saturated carbocycles. The first-order valence-electron chi connectivity index (χ1n) is 14.7. The lowest BCUT2D eigenvalue weighted by Gasteiger charge is -2.54. The molecule has 204 valence electrons. The van der Waals surface area contributed by atoms with Crippen LogP contribution in [0.15, 0.2) is 78.9 Å². The Hall–Kier alpha value is -3.11. The van der Waals surface area contributed by atoms with Gasteiger partial charge in [-0.05, 0) is 102 Å². The summed E-state index contributed by atoms with van der Waals surface area (Å²) >= 11 is 0. The molecule has 6 rings (SSSR count). The lowest BCUT2D eigenvalue weighted by atomic mass is 9.51. The van der Waals surface area contributed by atoms with Gasteiger partial charge in [-0.1, -0.05) is 73.7 Å². The van der Waals surface area contributed by atoms with Crippen LogP contribution in [0.2, 0.25) is 0 Å². The minimum Gasteiger partial charge on any atom is -0.489 e. The standard InChI is InChI=1S/C35H40O4/c1-35-21-27(13-19-33(36)37)34-29-16-14-28(38-22-24-8-4-2-5-9-24)20-26(29)12-15-30(34)31(35)17-18-32(35)39-23-25-10-6-3-7-11-25/h2-11,14,16,20,27,30-32,34H,12-13,15,17-19,21-23H2,1H3,(H,36,37)/t27-,30?,31?,32-,34?,35-/m0/s1. The third-order valence-electron chi connectivity index (χ3n) is 10.0. The van der Waals surface area contributed by atoms with E-state index in [4.69, 9.17) is 9.47 Å². The zero-order valence-electron chi connectivity index (χ0n) is 22.9. The van der Waals surface area contributed by atoms with E-state index in [1.165, 1.54) is 28.7 Å². The highest BCUT2D eigenvalue weighted by Gasteiger charge is 2.58. The molecule has 3 aliphatic rings. The Morgan fingerprint density at radius 1 is 0.923 bits per heavy atom. The van der Waals surface area contributed by atoms with Crippen LogP contribution >= 0.6 is 0 Å². The Bertz CT molecular complexity index is 1270. The van der Waals surface area contributed by atoms with Crippen LogP contribution in [-0.4, -0.2) is 17.2 Å². The molecule has 4 nitrogen and oxygen atoms in total. The molecule has 3 unspecified atom stereocenters. The molecular weight excluding hydrogens is 484 g/mol. The average molecular weight is 525 g/mol. The third-order valence-corrected chi connectivity index (χ3v) is 10.0. The van der Waals surface area contributed by atoms with E-state index < -0.39 is 5.97 Å². The highest BCUT2D eigenvalue weighted by molar-refractivity contribution is 5.66. The lowest BCUT2D eigenvalue weighted by Crippen LogP contribution is -2.48. The Balaban J connectivity index is 1.23. The summed E-state index contributed by atoms with van der Waals surface area (Å²) in [4.78, 5) is 11.7. The highest BCUT2D eigenvalue weighted by atomic mass is 16.5. The van der Waals surface area contributed by atoms with Crippen LogP contribution in [0.5, 0.6) is 5.75 Å². The molecule has 0 spiro atoms. The maximum atomic E-state index is 11.7. The predicted molar refractivity (Wildman–Crippen MR) is 153 cm³/mol. The van der Waals surface area contributed by atoms with E-state index in [0.717, 1.165) is 37.9 Å². The van der Waals surface area contributed by atoms with Gasteiger partial charge in [0, 0.05) is 6.42 Å². The molecule has 1 N–H and O–H groups in total. The minimum atomic E-state index is -0.692. The summed E-state index contributed by atoms with van der Waals surface area (Å²) in [6.07, 6.45) is 6.76. The van der Waals surface area contributed by atoms with Gasteiger partial charge in [0.1, 0.15) is 12.4 Å². The fourth-order valence-electron chi connectivity index (χ4n) is 8.28. The second-order valence-corrected chi connectivity index (χ2v) is 12.2. The maximum Gasteiger partial charge on any atom is 0.303 e. The molecule has 2 fully saturated rings. The van der Waals surface area contributed by atoms with Gasteiger partial charge in [-0.3, -0.25) is 4.79 Å². The molecule has 0 aromatic heterocycles. The van der Waals surface area contributed by atoms with Gasteiger partial charge in [-0.2, -0.15) is 0 Å². The van der Waals surface area contributed by atoms with Gasteiger partial charge in [0.05, 0.1) is 12.7 Å². The van der Waals surface area contributed by atoms with E-state index >= 15 is 0 Å². The molecule has 6 atom stereocenters. The topological polar surface area (TPSA) is 55.8 Å². The molecule has 3 aliphatic carbocycles. The number of carbonyl (C=O) groups is 1. The predicted octanol–water partition coefficient (Wildman–Crippen LogP) is 7.80. The second-order valence-electron chi connectivity index (χ2n) is 12.2. The molecule has 0 radical (unpaired) electrons. The summed E-state index contributed by atoms with van der Waals surface area (Å²) in [6.45, 7) is 3.66. The molecule has 3 aromatic carbocycles. The first-order valence-corrected chi connectivity index (χ1v) is 14.7. The first kappa shape index (κ1) is 26.1. The van der Waals surface area contributed by atoms with E-state index in [1.807, 2.05) is 24.3 Å². The highest BCUT2D eigenvalue weighted by Crippen LogP contribution is 2.64. The number of aryl methyl sites for hydroxylation is 1. The summed E-state index contributed by atoms with van der Waals surface area (Å²) < 4.78 is 12.8. The fraction of sp³-hybridized carbons (Fsp3) is 0.457. The van der Waals surface area contributed by atoms with Crippen molar-refractivity contribution in [1.29, 1.82) is 0 Å². The molecule has 0 aliphatic heterocycles. The maximum absolute atomic E-state index is 11.7. The first-order chi connectivity index (χ1) is 19.0. The van der Waals surface area contributed by atoms with Gasteiger partial charge in [0.2, 0.25) is 0 Å². The SMILES string of the molecule is C[C@]12C[C@H](CCC(=O)O)C3c4ccc(OCc5ccccc5)cc4CCC3C1CC[C@@H]2OCc1ccccc1.